The number of anilines is 1. The molecule has 0 spiro atoms. The normalized spacial score (nSPS) is 10.8. The minimum Gasteiger partial charge on any atom is -0.495 e. The highest BCUT2D eigenvalue weighted by atomic mass is 35.5. The summed E-state index contributed by atoms with van der Waals surface area (Å²) in [6.45, 7) is 0. The van der Waals surface area contributed by atoms with E-state index in [9.17, 15) is 8.42 Å². The molecule has 2 N–H and O–H groups in total. The van der Waals surface area contributed by atoms with E-state index in [-0.39, 0.29) is 27.0 Å². The van der Waals surface area contributed by atoms with Gasteiger partial charge in [0.25, 0.3) is 10.0 Å². The van der Waals surface area contributed by atoms with Crippen molar-refractivity contribution in [2.24, 2.45) is 0 Å². The number of hydrogen-bond acceptors (Lipinski definition) is 5. The molecule has 0 atom stereocenters. The van der Waals surface area contributed by atoms with Crippen LogP contribution in [0.25, 0.3) is 0 Å². The van der Waals surface area contributed by atoms with Gasteiger partial charge in [0.2, 0.25) is 0 Å². The number of sulfonamides is 1. The zero-order chi connectivity index (χ0) is 14.8. The summed E-state index contributed by atoms with van der Waals surface area (Å²) in [6, 6.07) is 6.02. The van der Waals surface area contributed by atoms with Crippen molar-refractivity contribution in [2.45, 2.75) is 4.90 Å². The van der Waals surface area contributed by atoms with E-state index in [1.165, 1.54) is 31.5 Å². The summed E-state index contributed by atoms with van der Waals surface area (Å²) in [5, 5.41) is 15.1. The van der Waals surface area contributed by atoms with Gasteiger partial charge in [-0.05, 0) is 18.2 Å². The van der Waals surface area contributed by atoms with Crippen molar-refractivity contribution < 1.29 is 13.2 Å². The number of aromatic nitrogens is 2. The Hall–Kier alpha value is -2.24. The molecule has 9 heteroatoms. The van der Waals surface area contributed by atoms with Crippen LogP contribution in [0.1, 0.15) is 5.56 Å². The van der Waals surface area contributed by atoms with Crippen LogP contribution in [0.15, 0.2) is 29.3 Å². The molecule has 0 amide bonds. The van der Waals surface area contributed by atoms with E-state index in [0.29, 0.717) is 0 Å². The second kappa shape index (κ2) is 5.40. The average Bonchev–Trinajstić information content (AvgIpc) is 2.85. The van der Waals surface area contributed by atoms with Gasteiger partial charge in [-0.1, -0.05) is 11.6 Å². The fourth-order valence-corrected chi connectivity index (χ4v) is 2.97. The van der Waals surface area contributed by atoms with Gasteiger partial charge in [-0.2, -0.15) is 10.4 Å². The highest BCUT2D eigenvalue weighted by Crippen LogP contribution is 2.28. The van der Waals surface area contributed by atoms with Crippen LogP contribution >= 0.6 is 11.6 Å². The molecule has 7 nitrogen and oxygen atoms in total. The first-order chi connectivity index (χ1) is 9.47. The predicted molar refractivity (Wildman–Crippen MR) is 72.1 cm³/mol. The molecule has 104 valence electrons. The molecule has 0 unspecified atom stereocenters. The van der Waals surface area contributed by atoms with E-state index in [0.717, 1.165) is 0 Å². The van der Waals surface area contributed by atoms with Crippen molar-refractivity contribution in [2.75, 3.05) is 11.8 Å². The molecule has 0 saturated carbocycles. The molecule has 0 aliphatic rings. The number of nitrogens with one attached hydrogen (secondary N) is 2. The van der Waals surface area contributed by atoms with Gasteiger partial charge in [-0.15, -0.1) is 0 Å². The third-order valence-electron chi connectivity index (χ3n) is 2.41. The maximum absolute atomic E-state index is 12.3. The molecular weight excluding hydrogens is 304 g/mol. The maximum Gasteiger partial charge on any atom is 0.266 e. The van der Waals surface area contributed by atoms with Crippen LogP contribution in [0.3, 0.4) is 0 Å². The van der Waals surface area contributed by atoms with Crippen LogP contribution in [0.2, 0.25) is 5.02 Å². The van der Waals surface area contributed by atoms with E-state index in [2.05, 4.69) is 14.9 Å². The van der Waals surface area contributed by atoms with Crippen LogP contribution < -0.4 is 9.46 Å². The minimum absolute atomic E-state index is 0.0190. The van der Waals surface area contributed by atoms with Crippen LogP contribution in [0.5, 0.6) is 5.75 Å². The lowest BCUT2D eigenvalue weighted by Crippen LogP contribution is -2.15. The van der Waals surface area contributed by atoms with Crippen LogP contribution in [-0.2, 0) is 10.0 Å². The Kier molecular flexibility index (Phi) is 3.83. The number of rotatable bonds is 4. The van der Waals surface area contributed by atoms with Gasteiger partial charge in [0.15, 0.2) is 5.82 Å². The Balaban J connectivity index is 2.46. The SMILES string of the molecule is COc1ccc(Cl)cc1S(=O)(=O)Nc1[nH]ncc1C#N. The van der Waals surface area contributed by atoms with Gasteiger partial charge in [0.05, 0.1) is 13.3 Å². The number of halogens is 1. The highest BCUT2D eigenvalue weighted by Gasteiger charge is 2.22. The van der Waals surface area contributed by atoms with Crippen molar-refractivity contribution in [3.63, 3.8) is 0 Å². The lowest BCUT2D eigenvalue weighted by Gasteiger charge is -2.10. The summed E-state index contributed by atoms with van der Waals surface area (Å²) in [4.78, 5) is -0.133. The number of methoxy groups -OCH3 is 1. The van der Waals surface area contributed by atoms with Crippen LogP contribution in [0, 0.1) is 11.3 Å². The molecule has 20 heavy (non-hydrogen) atoms. The van der Waals surface area contributed by atoms with Gasteiger partial charge in [-0.3, -0.25) is 9.82 Å². The van der Waals surface area contributed by atoms with Gasteiger partial charge >= 0.3 is 0 Å². The molecule has 0 bridgehead atoms. The summed E-state index contributed by atoms with van der Waals surface area (Å²) in [7, 11) is -2.62. The number of nitrogens with zero attached hydrogens (tertiary/aromatic N) is 2. The standard InChI is InChI=1S/C11H9ClN4O3S/c1-19-9-3-2-8(12)4-10(9)20(17,18)16-11-7(5-13)6-14-15-11/h2-4,6H,1H3,(H2,14,15,16). The molecule has 0 radical (unpaired) electrons. The lowest BCUT2D eigenvalue weighted by molar-refractivity contribution is 0.403. The van der Waals surface area contributed by atoms with Crippen LogP contribution in [0.4, 0.5) is 5.82 Å². The quantitative estimate of drug-likeness (QED) is 0.894. The van der Waals surface area contributed by atoms with Crippen LogP contribution in [-0.4, -0.2) is 25.7 Å². The second-order valence-electron chi connectivity index (χ2n) is 3.67. The summed E-state index contributed by atoms with van der Waals surface area (Å²) in [5.74, 6) is 0.120. The number of H-pyrrole nitrogens is 1. The minimum atomic E-state index is -3.96. The Labute approximate surface area is 120 Å². The third-order valence-corrected chi connectivity index (χ3v) is 4.02. The van der Waals surface area contributed by atoms with Crippen molar-refractivity contribution in [1.82, 2.24) is 10.2 Å². The number of hydrogen-bond donors (Lipinski definition) is 2. The topological polar surface area (TPSA) is 108 Å². The number of ether oxygens (including phenoxy) is 1. The average molecular weight is 313 g/mol. The lowest BCUT2D eigenvalue weighted by atomic mass is 10.3. The number of aromatic amines is 1. The smallest absolute Gasteiger partial charge is 0.266 e. The number of nitriles is 1. The van der Waals surface area contributed by atoms with Crippen molar-refractivity contribution in [3.8, 4) is 11.8 Å². The molecule has 0 fully saturated rings. The molecule has 0 aliphatic heterocycles. The van der Waals surface area contributed by atoms with Crippen molar-refractivity contribution >= 4 is 27.4 Å². The fourth-order valence-electron chi connectivity index (χ4n) is 1.50. The number of benzene rings is 1. The van der Waals surface area contributed by atoms with E-state index in [1.807, 2.05) is 6.07 Å². The van der Waals surface area contributed by atoms with E-state index >= 15 is 0 Å². The molecule has 2 rings (SSSR count). The van der Waals surface area contributed by atoms with Gasteiger partial charge in [0.1, 0.15) is 22.3 Å². The molecule has 1 aromatic carbocycles. The predicted octanol–water partition coefficient (Wildman–Crippen LogP) is 1.74. The maximum atomic E-state index is 12.3. The highest BCUT2D eigenvalue weighted by molar-refractivity contribution is 7.92. The first-order valence-corrected chi connectivity index (χ1v) is 7.14. The first-order valence-electron chi connectivity index (χ1n) is 5.28. The first kappa shape index (κ1) is 14.2. The molecular formula is C11H9ClN4O3S. The summed E-state index contributed by atoms with van der Waals surface area (Å²) in [6.07, 6.45) is 1.22. The molecule has 0 aliphatic carbocycles. The molecule has 1 heterocycles. The Morgan fingerprint density at radius 1 is 1.50 bits per heavy atom. The van der Waals surface area contributed by atoms with Gasteiger partial charge in [-0.25, -0.2) is 8.42 Å². The van der Waals surface area contributed by atoms with Crippen molar-refractivity contribution in [1.29, 1.82) is 5.26 Å². The molecule has 2 aromatic rings. The Morgan fingerprint density at radius 2 is 2.25 bits per heavy atom. The van der Waals surface area contributed by atoms with Gasteiger partial charge in [0, 0.05) is 5.02 Å². The summed E-state index contributed by atoms with van der Waals surface area (Å²) >= 11 is 5.80. The van der Waals surface area contributed by atoms with Gasteiger partial charge < -0.3 is 4.74 Å². The summed E-state index contributed by atoms with van der Waals surface area (Å²) in [5.41, 5.74) is 0.0783. The molecule has 0 saturated heterocycles. The Bertz CT molecular complexity index is 779. The zero-order valence-electron chi connectivity index (χ0n) is 10.2. The second-order valence-corrected chi connectivity index (χ2v) is 5.76. The molecule has 1 aromatic heterocycles. The van der Waals surface area contributed by atoms with Crippen molar-refractivity contribution in [3.05, 3.63) is 35.0 Å². The Morgan fingerprint density at radius 3 is 2.90 bits per heavy atom. The zero-order valence-corrected chi connectivity index (χ0v) is 11.8. The monoisotopic (exact) mass is 312 g/mol. The van der Waals surface area contributed by atoms with E-state index in [4.69, 9.17) is 21.6 Å². The largest absolute Gasteiger partial charge is 0.495 e. The fraction of sp³-hybridized carbons (Fsp3) is 0.0909. The van der Waals surface area contributed by atoms with E-state index in [1.54, 1.807) is 0 Å². The summed E-state index contributed by atoms with van der Waals surface area (Å²) < 4.78 is 31.8. The third kappa shape index (κ3) is 2.68. The van der Waals surface area contributed by atoms with E-state index < -0.39 is 10.0 Å².